The zero-order chi connectivity index (χ0) is 13.0. The van der Waals surface area contributed by atoms with Crippen LogP contribution in [0.1, 0.15) is 25.0 Å². The van der Waals surface area contributed by atoms with E-state index in [0.717, 1.165) is 11.1 Å². The number of hydrogen-bond acceptors (Lipinski definition) is 4. The van der Waals surface area contributed by atoms with E-state index in [-0.39, 0.29) is 5.97 Å². The first-order valence-corrected chi connectivity index (χ1v) is 5.65. The molecule has 1 aromatic rings. The van der Waals surface area contributed by atoms with Crippen molar-refractivity contribution in [1.29, 1.82) is 0 Å². The van der Waals surface area contributed by atoms with Crippen LogP contribution in [0.25, 0.3) is 0 Å². The van der Waals surface area contributed by atoms with E-state index in [2.05, 4.69) is 0 Å². The van der Waals surface area contributed by atoms with Crippen molar-refractivity contribution in [3.8, 4) is 5.75 Å². The molecule has 1 atom stereocenters. The van der Waals surface area contributed by atoms with Crippen LogP contribution >= 0.6 is 0 Å². The third-order valence-corrected chi connectivity index (χ3v) is 2.49. The molecular weight excluding hydrogens is 218 g/mol. The van der Waals surface area contributed by atoms with Crippen LogP contribution in [0.2, 0.25) is 0 Å². The molecule has 0 heterocycles. The molecule has 0 aliphatic heterocycles. The molecular formula is C13H19NO3. The summed E-state index contributed by atoms with van der Waals surface area (Å²) in [6.45, 7) is 7.62. The highest BCUT2D eigenvalue weighted by Crippen LogP contribution is 2.25. The van der Waals surface area contributed by atoms with Gasteiger partial charge in [-0.25, -0.2) is 4.79 Å². The molecule has 17 heavy (non-hydrogen) atoms. The topological polar surface area (TPSA) is 61.5 Å². The van der Waals surface area contributed by atoms with Gasteiger partial charge in [0.05, 0.1) is 6.61 Å². The maximum Gasteiger partial charge on any atom is 0.347 e. The van der Waals surface area contributed by atoms with E-state index in [1.807, 2.05) is 19.9 Å². The number of carbonyl (C=O) groups excluding carboxylic acids is 1. The highest BCUT2D eigenvalue weighted by Gasteiger charge is 2.17. The van der Waals surface area contributed by atoms with Gasteiger partial charge in [0.1, 0.15) is 5.75 Å². The highest BCUT2D eigenvalue weighted by atomic mass is 16.6. The third kappa shape index (κ3) is 3.37. The Morgan fingerprint density at radius 2 is 2.00 bits per heavy atom. The van der Waals surface area contributed by atoms with E-state index in [1.165, 1.54) is 0 Å². The maximum absolute atomic E-state index is 11.4. The minimum Gasteiger partial charge on any atom is -0.479 e. The smallest absolute Gasteiger partial charge is 0.347 e. The maximum atomic E-state index is 11.4. The number of benzene rings is 1. The molecule has 0 saturated heterocycles. The highest BCUT2D eigenvalue weighted by molar-refractivity contribution is 5.74. The molecule has 2 N–H and O–H groups in total. The summed E-state index contributed by atoms with van der Waals surface area (Å²) in [4.78, 5) is 11.4. The van der Waals surface area contributed by atoms with E-state index in [1.54, 1.807) is 19.9 Å². The number of hydrogen-bond donors (Lipinski definition) is 1. The molecule has 0 aliphatic rings. The predicted molar refractivity (Wildman–Crippen MR) is 67.1 cm³/mol. The van der Waals surface area contributed by atoms with Gasteiger partial charge in [-0.2, -0.15) is 0 Å². The molecule has 0 aromatic heterocycles. The van der Waals surface area contributed by atoms with Crippen LogP contribution in [0.15, 0.2) is 12.1 Å². The Morgan fingerprint density at radius 1 is 1.35 bits per heavy atom. The van der Waals surface area contributed by atoms with Crippen LogP contribution in [0.3, 0.4) is 0 Å². The SMILES string of the molecule is CCOC(=O)C(C)Oc1cc(N)c(C)cc1C. The molecule has 0 radical (unpaired) electrons. The Hall–Kier alpha value is -1.71. The van der Waals surface area contributed by atoms with Crippen molar-refractivity contribution in [1.82, 2.24) is 0 Å². The van der Waals surface area contributed by atoms with Crippen LogP contribution in [-0.4, -0.2) is 18.7 Å². The van der Waals surface area contributed by atoms with E-state index in [9.17, 15) is 4.79 Å². The van der Waals surface area contributed by atoms with Crippen LogP contribution in [-0.2, 0) is 9.53 Å². The second-order valence-corrected chi connectivity index (χ2v) is 3.99. The zero-order valence-electron chi connectivity index (χ0n) is 10.7. The predicted octanol–water partition coefficient (Wildman–Crippen LogP) is 2.22. The summed E-state index contributed by atoms with van der Waals surface area (Å²) < 4.78 is 10.4. The quantitative estimate of drug-likeness (QED) is 0.644. The van der Waals surface area contributed by atoms with Gasteiger partial charge < -0.3 is 15.2 Å². The number of nitrogens with two attached hydrogens (primary N) is 1. The average Bonchev–Trinajstić information content (AvgIpc) is 2.26. The molecule has 1 aromatic carbocycles. The Balaban J connectivity index is 2.81. The Labute approximate surface area is 102 Å². The molecule has 0 spiro atoms. The lowest BCUT2D eigenvalue weighted by atomic mass is 10.1. The average molecular weight is 237 g/mol. The van der Waals surface area contributed by atoms with Crippen LogP contribution in [0, 0.1) is 13.8 Å². The lowest BCUT2D eigenvalue weighted by Gasteiger charge is -2.16. The minimum absolute atomic E-state index is 0.349. The van der Waals surface area contributed by atoms with Crippen molar-refractivity contribution < 1.29 is 14.3 Å². The zero-order valence-corrected chi connectivity index (χ0v) is 10.7. The van der Waals surface area contributed by atoms with Crippen LogP contribution in [0.5, 0.6) is 5.75 Å². The summed E-state index contributed by atoms with van der Waals surface area (Å²) in [5.41, 5.74) is 8.41. The van der Waals surface area contributed by atoms with Gasteiger partial charge in [0.25, 0.3) is 0 Å². The summed E-state index contributed by atoms with van der Waals surface area (Å²) >= 11 is 0. The van der Waals surface area contributed by atoms with Crippen molar-refractivity contribution in [3.63, 3.8) is 0 Å². The van der Waals surface area contributed by atoms with Crippen molar-refractivity contribution in [3.05, 3.63) is 23.3 Å². The van der Waals surface area contributed by atoms with Gasteiger partial charge in [0.15, 0.2) is 6.10 Å². The molecule has 0 amide bonds. The van der Waals surface area contributed by atoms with Crippen molar-refractivity contribution >= 4 is 11.7 Å². The van der Waals surface area contributed by atoms with E-state index >= 15 is 0 Å². The van der Waals surface area contributed by atoms with Crippen LogP contribution in [0.4, 0.5) is 5.69 Å². The van der Waals surface area contributed by atoms with Gasteiger partial charge >= 0.3 is 5.97 Å². The van der Waals surface area contributed by atoms with E-state index in [0.29, 0.717) is 18.0 Å². The van der Waals surface area contributed by atoms with E-state index in [4.69, 9.17) is 15.2 Å². The molecule has 0 aliphatic carbocycles. The Morgan fingerprint density at radius 3 is 2.59 bits per heavy atom. The molecule has 1 unspecified atom stereocenters. The lowest BCUT2D eigenvalue weighted by molar-refractivity contribution is -0.150. The normalized spacial score (nSPS) is 12.0. The fourth-order valence-electron chi connectivity index (χ4n) is 1.47. The van der Waals surface area contributed by atoms with Crippen molar-refractivity contribution in [2.75, 3.05) is 12.3 Å². The van der Waals surface area contributed by atoms with Crippen molar-refractivity contribution in [2.45, 2.75) is 33.8 Å². The molecule has 94 valence electrons. The molecule has 0 saturated carbocycles. The fraction of sp³-hybridized carbons (Fsp3) is 0.462. The monoisotopic (exact) mass is 237 g/mol. The number of carbonyl (C=O) groups is 1. The first-order valence-electron chi connectivity index (χ1n) is 5.65. The van der Waals surface area contributed by atoms with Gasteiger partial charge in [0, 0.05) is 11.8 Å². The van der Waals surface area contributed by atoms with Crippen molar-refractivity contribution in [2.24, 2.45) is 0 Å². The second kappa shape index (κ2) is 5.57. The summed E-state index contributed by atoms with van der Waals surface area (Å²) in [6.07, 6.45) is -0.629. The fourth-order valence-corrected chi connectivity index (χ4v) is 1.47. The molecule has 1 rings (SSSR count). The Bertz CT molecular complexity index is 415. The third-order valence-electron chi connectivity index (χ3n) is 2.49. The number of aryl methyl sites for hydroxylation is 2. The van der Waals surface area contributed by atoms with Gasteiger partial charge in [-0.1, -0.05) is 6.07 Å². The Kier molecular flexibility index (Phi) is 4.37. The standard InChI is InChI=1S/C13H19NO3/c1-5-16-13(15)10(4)17-12-7-11(14)8(2)6-9(12)3/h6-7,10H,5,14H2,1-4H3. The lowest BCUT2D eigenvalue weighted by Crippen LogP contribution is -2.26. The summed E-state index contributed by atoms with van der Waals surface area (Å²) in [6, 6.07) is 3.67. The van der Waals surface area contributed by atoms with Gasteiger partial charge in [-0.05, 0) is 38.8 Å². The minimum atomic E-state index is -0.629. The number of anilines is 1. The van der Waals surface area contributed by atoms with Crippen LogP contribution < -0.4 is 10.5 Å². The second-order valence-electron chi connectivity index (χ2n) is 3.99. The van der Waals surface area contributed by atoms with E-state index < -0.39 is 6.10 Å². The number of nitrogen functional groups attached to an aromatic ring is 1. The number of esters is 1. The van der Waals surface area contributed by atoms with Gasteiger partial charge in [-0.3, -0.25) is 0 Å². The van der Waals surface area contributed by atoms with Gasteiger partial charge in [-0.15, -0.1) is 0 Å². The number of rotatable bonds is 4. The molecule has 4 heteroatoms. The summed E-state index contributed by atoms with van der Waals surface area (Å²) in [5.74, 6) is 0.250. The largest absolute Gasteiger partial charge is 0.479 e. The van der Waals surface area contributed by atoms with Gasteiger partial charge in [0.2, 0.25) is 0 Å². The molecule has 0 bridgehead atoms. The molecule has 4 nitrogen and oxygen atoms in total. The number of ether oxygens (including phenoxy) is 2. The first-order chi connectivity index (χ1) is 7.95. The summed E-state index contributed by atoms with van der Waals surface area (Å²) in [5, 5.41) is 0. The first kappa shape index (κ1) is 13.4. The molecule has 0 fully saturated rings. The summed E-state index contributed by atoms with van der Waals surface area (Å²) in [7, 11) is 0.